The monoisotopic (exact) mass is 298 g/mol. The first-order valence-corrected chi connectivity index (χ1v) is 8.74. The number of aryl methyl sites for hydroxylation is 1. The minimum absolute atomic E-state index is 0.0371. The molecule has 4 rings (SSSR count). The number of benzene rings is 1. The van der Waals surface area contributed by atoms with Crippen LogP contribution in [-0.2, 0) is 11.2 Å². The summed E-state index contributed by atoms with van der Waals surface area (Å²) in [6.07, 6.45) is 5.44. The summed E-state index contributed by atoms with van der Waals surface area (Å²) in [7, 11) is 1.74. The molecule has 1 aromatic rings. The standard InChI is InChI=1S/C20H26O2/c1-12-10-18(21)20(2)9-8-16-15-7-5-14(22-3)11-13(15)4-6-17(16)19(12)20/h5,7,11-12,16-17,19H,4,6,8-10H2,1-3H3/t12-,16?,17?,19?,20?/m1/s1. The van der Waals surface area contributed by atoms with Gasteiger partial charge in [-0.15, -0.1) is 0 Å². The van der Waals surface area contributed by atoms with Gasteiger partial charge >= 0.3 is 0 Å². The third kappa shape index (κ3) is 1.82. The van der Waals surface area contributed by atoms with Gasteiger partial charge in [0.25, 0.3) is 0 Å². The third-order valence-electron chi connectivity index (χ3n) is 6.94. The van der Waals surface area contributed by atoms with Gasteiger partial charge in [-0.3, -0.25) is 4.79 Å². The second kappa shape index (κ2) is 4.84. The highest BCUT2D eigenvalue weighted by molar-refractivity contribution is 5.87. The molecule has 2 heteroatoms. The highest BCUT2D eigenvalue weighted by atomic mass is 16.5. The van der Waals surface area contributed by atoms with Crippen molar-refractivity contribution in [1.29, 1.82) is 0 Å². The lowest BCUT2D eigenvalue weighted by Crippen LogP contribution is -2.43. The van der Waals surface area contributed by atoms with E-state index in [1.54, 1.807) is 7.11 Å². The molecule has 118 valence electrons. The summed E-state index contributed by atoms with van der Waals surface area (Å²) < 4.78 is 5.39. The highest BCUT2D eigenvalue weighted by Crippen LogP contribution is 2.61. The molecule has 0 aromatic heterocycles. The summed E-state index contributed by atoms with van der Waals surface area (Å²) in [6, 6.07) is 6.62. The van der Waals surface area contributed by atoms with Gasteiger partial charge in [-0.1, -0.05) is 19.9 Å². The summed E-state index contributed by atoms with van der Waals surface area (Å²) in [5.74, 6) is 4.01. The Labute approximate surface area is 133 Å². The average Bonchev–Trinajstić information content (AvgIpc) is 2.76. The van der Waals surface area contributed by atoms with E-state index in [0.29, 0.717) is 29.5 Å². The van der Waals surface area contributed by atoms with Crippen LogP contribution in [0.1, 0.15) is 56.6 Å². The molecule has 1 aromatic carbocycles. The molecule has 2 saturated carbocycles. The Morgan fingerprint density at radius 3 is 2.86 bits per heavy atom. The summed E-state index contributed by atoms with van der Waals surface area (Å²) in [5.41, 5.74) is 2.97. The maximum atomic E-state index is 12.5. The predicted molar refractivity (Wildman–Crippen MR) is 87.2 cm³/mol. The summed E-state index contributed by atoms with van der Waals surface area (Å²) in [5, 5.41) is 0. The molecule has 0 spiro atoms. The minimum Gasteiger partial charge on any atom is -0.497 e. The van der Waals surface area contributed by atoms with Gasteiger partial charge in [-0.25, -0.2) is 0 Å². The maximum Gasteiger partial charge on any atom is 0.139 e. The largest absolute Gasteiger partial charge is 0.497 e. The molecule has 0 amide bonds. The van der Waals surface area contributed by atoms with E-state index in [2.05, 4.69) is 32.0 Å². The Morgan fingerprint density at radius 1 is 1.27 bits per heavy atom. The van der Waals surface area contributed by atoms with E-state index < -0.39 is 0 Å². The first-order valence-electron chi connectivity index (χ1n) is 8.74. The molecule has 0 heterocycles. The van der Waals surface area contributed by atoms with Crippen molar-refractivity contribution in [2.24, 2.45) is 23.2 Å². The van der Waals surface area contributed by atoms with Crippen molar-refractivity contribution in [3.63, 3.8) is 0 Å². The molecule has 0 saturated heterocycles. The number of ketones is 1. The number of hydrogen-bond acceptors (Lipinski definition) is 2. The van der Waals surface area contributed by atoms with Crippen molar-refractivity contribution in [3.8, 4) is 5.75 Å². The quantitative estimate of drug-likeness (QED) is 0.769. The van der Waals surface area contributed by atoms with Crippen molar-refractivity contribution in [1.82, 2.24) is 0 Å². The number of rotatable bonds is 1. The molecule has 22 heavy (non-hydrogen) atoms. The molecule has 5 atom stereocenters. The van der Waals surface area contributed by atoms with Gasteiger partial charge in [0, 0.05) is 11.8 Å². The minimum atomic E-state index is -0.0371. The van der Waals surface area contributed by atoms with Crippen molar-refractivity contribution in [2.75, 3.05) is 7.11 Å². The topological polar surface area (TPSA) is 26.3 Å². The van der Waals surface area contributed by atoms with E-state index in [-0.39, 0.29) is 5.41 Å². The number of fused-ring (bicyclic) bond motifs is 5. The number of carbonyl (C=O) groups is 1. The molecular weight excluding hydrogens is 272 g/mol. The van der Waals surface area contributed by atoms with E-state index in [1.807, 2.05) is 0 Å². The fourth-order valence-corrected chi connectivity index (χ4v) is 5.96. The van der Waals surface area contributed by atoms with Gasteiger partial charge in [0.2, 0.25) is 0 Å². The molecule has 2 nitrogen and oxygen atoms in total. The predicted octanol–water partition coefficient (Wildman–Crippen LogP) is 4.37. The summed E-state index contributed by atoms with van der Waals surface area (Å²) >= 11 is 0. The van der Waals surface area contributed by atoms with Crippen molar-refractivity contribution >= 4 is 5.78 Å². The second-order valence-corrected chi connectivity index (χ2v) is 7.96. The first kappa shape index (κ1) is 14.3. The van der Waals surface area contributed by atoms with E-state index in [1.165, 1.54) is 24.0 Å². The van der Waals surface area contributed by atoms with Crippen molar-refractivity contribution < 1.29 is 9.53 Å². The van der Waals surface area contributed by atoms with E-state index >= 15 is 0 Å². The van der Waals surface area contributed by atoms with Crippen LogP contribution in [0.15, 0.2) is 18.2 Å². The number of ether oxygens (including phenoxy) is 1. The summed E-state index contributed by atoms with van der Waals surface area (Å²) in [6.45, 7) is 4.56. The molecule has 3 aliphatic carbocycles. The van der Waals surface area contributed by atoms with Gasteiger partial charge in [0.05, 0.1) is 7.11 Å². The first-order chi connectivity index (χ1) is 10.5. The number of Topliss-reactive ketones (excluding diaryl/α,β-unsaturated/α-hetero) is 1. The SMILES string of the molecule is COc1ccc2c(c1)CCC1C2CCC2(C)C(=O)C[C@@H](C)C12. The average molecular weight is 298 g/mol. The number of methoxy groups -OCH3 is 1. The normalized spacial score (nSPS) is 39.9. The smallest absolute Gasteiger partial charge is 0.139 e. The lowest BCUT2D eigenvalue weighted by molar-refractivity contribution is -0.129. The third-order valence-corrected chi connectivity index (χ3v) is 6.94. The molecule has 0 N–H and O–H groups in total. The van der Waals surface area contributed by atoms with Crippen LogP contribution in [0.2, 0.25) is 0 Å². The fourth-order valence-electron chi connectivity index (χ4n) is 5.96. The number of carbonyl (C=O) groups excluding carboxylic acids is 1. The molecule has 0 radical (unpaired) electrons. The van der Waals surface area contributed by atoms with Crippen LogP contribution in [-0.4, -0.2) is 12.9 Å². The second-order valence-electron chi connectivity index (χ2n) is 7.96. The van der Waals surface area contributed by atoms with Crippen LogP contribution in [0.3, 0.4) is 0 Å². The van der Waals surface area contributed by atoms with Crippen LogP contribution in [0.4, 0.5) is 0 Å². The van der Waals surface area contributed by atoms with Gasteiger partial charge in [0.15, 0.2) is 0 Å². The Hall–Kier alpha value is -1.31. The zero-order valence-corrected chi connectivity index (χ0v) is 13.9. The van der Waals surface area contributed by atoms with Crippen molar-refractivity contribution in [2.45, 2.75) is 51.9 Å². The van der Waals surface area contributed by atoms with Crippen LogP contribution >= 0.6 is 0 Å². The lowest BCUT2D eigenvalue weighted by Gasteiger charge is -2.49. The molecule has 0 aliphatic heterocycles. The van der Waals surface area contributed by atoms with Gasteiger partial charge in [-0.05, 0) is 72.6 Å². The van der Waals surface area contributed by atoms with E-state index in [4.69, 9.17) is 4.74 Å². The van der Waals surface area contributed by atoms with Crippen LogP contribution in [0, 0.1) is 23.2 Å². The van der Waals surface area contributed by atoms with E-state index in [9.17, 15) is 4.79 Å². The lowest BCUT2D eigenvalue weighted by atomic mass is 9.54. The van der Waals surface area contributed by atoms with Crippen LogP contribution in [0.25, 0.3) is 0 Å². The Balaban J connectivity index is 1.72. The van der Waals surface area contributed by atoms with Gasteiger partial charge in [0.1, 0.15) is 11.5 Å². The fraction of sp³-hybridized carbons (Fsp3) is 0.650. The maximum absolute atomic E-state index is 12.5. The molecule has 0 bridgehead atoms. The van der Waals surface area contributed by atoms with Crippen LogP contribution in [0.5, 0.6) is 5.75 Å². The Kier molecular flexibility index (Phi) is 3.15. The zero-order chi connectivity index (χ0) is 15.5. The summed E-state index contributed by atoms with van der Waals surface area (Å²) in [4.78, 5) is 12.5. The van der Waals surface area contributed by atoms with Crippen LogP contribution < -0.4 is 4.74 Å². The van der Waals surface area contributed by atoms with Gasteiger partial charge < -0.3 is 4.74 Å². The zero-order valence-electron chi connectivity index (χ0n) is 13.9. The highest BCUT2D eigenvalue weighted by Gasteiger charge is 2.57. The molecule has 2 fully saturated rings. The Morgan fingerprint density at radius 2 is 2.09 bits per heavy atom. The molecule has 3 aliphatic rings. The Bertz CT molecular complexity index is 620. The molecule has 4 unspecified atom stereocenters. The van der Waals surface area contributed by atoms with E-state index in [0.717, 1.165) is 25.0 Å². The van der Waals surface area contributed by atoms with Crippen molar-refractivity contribution in [3.05, 3.63) is 29.3 Å². The van der Waals surface area contributed by atoms with Gasteiger partial charge in [-0.2, -0.15) is 0 Å². The molecular formula is C20H26O2. The number of hydrogen-bond donors (Lipinski definition) is 0.